The fraction of sp³-hybridized carbons (Fsp3) is 0.900. The van der Waals surface area contributed by atoms with Crippen molar-refractivity contribution in [3.8, 4) is 6.07 Å². The first-order chi connectivity index (χ1) is 5.17. The van der Waals surface area contributed by atoms with Crippen molar-refractivity contribution < 1.29 is 0 Å². The molecule has 1 nitrogen and oxygen atoms in total. The summed E-state index contributed by atoms with van der Waals surface area (Å²) in [5, 5.41) is 9.08. The molecule has 0 aromatic rings. The Labute approximate surface area is 68.4 Å². The molecule has 2 fully saturated rings. The van der Waals surface area contributed by atoms with Crippen LogP contribution in [0.2, 0.25) is 0 Å². The highest BCUT2D eigenvalue weighted by Gasteiger charge is 2.71. The van der Waals surface area contributed by atoms with Crippen molar-refractivity contribution in [1.29, 1.82) is 5.26 Å². The fourth-order valence-corrected chi connectivity index (χ4v) is 2.82. The van der Waals surface area contributed by atoms with Gasteiger partial charge >= 0.3 is 0 Å². The van der Waals surface area contributed by atoms with Crippen LogP contribution in [0, 0.1) is 28.1 Å². The Morgan fingerprint density at radius 1 is 1.36 bits per heavy atom. The monoisotopic (exact) mass is 149 g/mol. The summed E-state index contributed by atoms with van der Waals surface area (Å²) in [6, 6.07) is 2.54. The number of hydrogen-bond donors (Lipinski definition) is 0. The van der Waals surface area contributed by atoms with Gasteiger partial charge in [0.25, 0.3) is 0 Å². The van der Waals surface area contributed by atoms with Crippen LogP contribution in [0.15, 0.2) is 0 Å². The molecule has 2 rings (SSSR count). The molecule has 11 heavy (non-hydrogen) atoms. The normalized spacial score (nSPS) is 38.4. The molecule has 2 aliphatic carbocycles. The van der Waals surface area contributed by atoms with Crippen LogP contribution in [0.1, 0.15) is 39.5 Å². The summed E-state index contributed by atoms with van der Waals surface area (Å²) >= 11 is 0. The smallest absolute Gasteiger partial charge is 0.0698 e. The van der Waals surface area contributed by atoms with E-state index < -0.39 is 0 Å². The summed E-state index contributed by atoms with van der Waals surface area (Å²) in [6.45, 7) is 4.38. The van der Waals surface area contributed by atoms with Gasteiger partial charge in [-0.2, -0.15) is 5.26 Å². The average molecular weight is 149 g/mol. The van der Waals surface area contributed by atoms with E-state index in [1.165, 1.54) is 25.7 Å². The predicted molar refractivity (Wildman–Crippen MR) is 43.8 cm³/mol. The second-order valence-corrected chi connectivity index (χ2v) is 4.55. The Bertz CT molecular complexity index is 220. The molecule has 0 radical (unpaired) electrons. The molecule has 0 bridgehead atoms. The van der Waals surface area contributed by atoms with Crippen LogP contribution in [-0.4, -0.2) is 0 Å². The standard InChI is InChI=1S/C10H15N/c1-8(2)10(7-11)6-9(10)4-3-5-9/h8H,3-6H2,1-2H3. The molecule has 0 aliphatic heterocycles. The van der Waals surface area contributed by atoms with Gasteiger partial charge in [0.15, 0.2) is 0 Å². The lowest BCUT2D eigenvalue weighted by molar-refractivity contribution is 0.199. The highest BCUT2D eigenvalue weighted by atomic mass is 14.7. The van der Waals surface area contributed by atoms with Gasteiger partial charge < -0.3 is 0 Å². The van der Waals surface area contributed by atoms with Crippen LogP contribution >= 0.6 is 0 Å². The van der Waals surface area contributed by atoms with Gasteiger partial charge in [0.1, 0.15) is 0 Å². The largest absolute Gasteiger partial charge is 0.198 e. The third-order valence-corrected chi connectivity index (χ3v) is 3.93. The third kappa shape index (κ3) is 0.612. The Balaban J connectivity index is 2.19. The molecule has 1 heteroatoms. The van der Waals surface area contributed by atoms with E-state index in [1.54, 1.807) is 0 Å². The lowest BCUT2D eigenvalue weighted by atomic mass is 9.72. The molecule has 60 valence electrons. The van der Waals surface area contributed by atoms with Gasteiger partial charge in [-0.25, -0.2) is 0 Å². The molecule has 2 saturated carbocycles. The lowest BCUT2D eigenvalue weighted by Gasteiger charge is -2.31. The summed E-state index contributed by atoms with van der Waals surface area (Å²) in [5.74, 6) is 0.563. The second-order valence-electron chi connectivity index (χ2n) is 4.55. The van der Waals surface area contributed by atoms with Crippen LogP contribution in [0.5, 0.6) is 0 Å². The van der Waals surface area contributed by atoms with E-state index >= 15 is 0 Å². The van der Waals surface area contributed by atoms with E-state index in [0.29, 0.717) is 11.3 Å². The molecule has 0 amide bonds. The van der Waals surface area contributed by atoms with Gasteiger partial charge in [0.2, 0.25) is 0 Å². The Morgan fingerprint density at radius 2 is 2.00 bits per heavy atom. The Kier molecular flexibility index (Phi) is 1.17. The van der Waals surface area contributed by atoms with E-state index in [1.807, 2.05) is 0 Å². The van der Waals surface area contributed by atoms with Crippen LogP contribution in [-0.2, 0) is 0 Å². The van der Waals surface area contributed by atoms with E-state index in [4.69, 9.17) is 5.26 Å². The van der Waals surface area contributed by atoms with Crippen LogP contribution in [0.3, 0.4) is 0 Å². The third-order valence-electron chi connectivity index (χ3n) is 3.93. The van der Waals surface area contributed by atoms with Crippen LogP contribution in [0.4, 0.5) is 0 Å². The van der Waals surface area contributed by atoms with Crippen LogP contribution < -0.4 is 0 Å². The highest BCUT2D eigenvalue weighted by molar-refractivity contribution is 5.28. The molecular formula is C10H15N. The van der Waals surface area contributed by atoms with Crippen molar-refractivity contribution in [2.45, 2.75) is 39.5 Å². The zero-order valence-electron chi connectivity index (χ0n) is 7.35. The molecular weight excluding hydrogens is 134 g/mol. The van der Waals surface area contributed by atoms with Crippen molar-refractivity contribution in [2.24, 2.45) is 16.7 Å². The summed E-state index contributed by atoms with van der Waals surface area (Å²) in [4.78, 5) is 0. The summed E-state index contributed by atoms with van der Waals surface area (Å²) in [7, 11) is 0. The molecule has 0 saturated heterocycles. The van der Waals surface area contributed by atoms with Gasteiger partial charge in [0.05, 0.1) is 11.5 Å². The minimum absolute atomic E-state index is 0.0885. The predicted octanol–water partition coefficient (Wildman–Crippen LogP) is 2.73. The molecule has 1 spiro atoms. The Hall–Kier alpha value is -0.510. The van der Waals surface area contributed by atoms with Crippen molar-refractivity contribution in [3.05, 3.63) is 0 Å². The number of nitriles is 1. The van der Waals surface area contributed by atoms with E-state index in [-0.39, 0.29) is 5.41 Å². The molecule has 0 heterocycles. The van der Waals surface area contributed by atoms with E-state index in [2.05, 4.69) is 19.9 Å². The zero-order chi connectivity index (χ0) is 8.11. The summed E-state index contributed by atoms with van der Waals surface area (Å²) in [5.41, 5.74) is 0.584. The maximum Gasteiger partial charge on any atom is 0.0698 e. The fourth-order valence-electron chi connectivity index (χ4n) is 2.82. The number of hydrogen-bond acceptors (Lipinski definition) is 1. The summed E-state index contributed by atoms with van der Waals surface area (Å²) in [6.07, 6.45) is 5.18. The molecule has 0 aromatic carbocycles. The topological polar surface area (TPSA) is 23.8 Å². The Morgan fingerprint density at radius 3 is 2.09 bits per heavy atom. The number of nitrogens with zero attached hydrogens (tertiary/aromatic N) is 1. The first-order valence-electron chi connectivity index (χ1n) is 4.58. The van der Waals surface area contributed by atoms with Gasteiger partial charge in [-0.1, -0.05) is 20.3 Å². The number of rotatable bonds is 1. The molecule has 0 aromatic heterocycles. The van der Waals surface area contributed by atoms with E-state index in [9.17, 15) is 0 Å². The quantitative estimate of drug-likeness (QED) is 0.562. The molecule has 1 atom stereocenters. The molecule has 2 aliphatic rings. The first-order valence-corrected chi connectivity index (χ1v) is 4.58. The maximum atomic E-state index is 9.08. The van der Waals surface area contributed by atoms with Gasteiger partial charge in [-0.3, -0.25) is 0 Å². The minimum atomic E-state index is 0.0885. The van der Waals surface area contributed by atoms with Gasteiger partial charge in [0, 0.05) is 0 Å². The highest BCUT2D eigenvalue weighted by Crippen LogP contribution is 2.76. The second kappa shape index (κ2) is 1.80. The van der Waals surface area contributed by atoms with E-state index in [0.717, 1.165) is 0 Å². The average Bonchev–Trinajstić information content (AvgIpc) is 2.56. The van der Waals surface area contributed by atoms with Crippen molar-refractivity contribution >= 4 is 0 Å². The summed E-state index contributed by atoms with van der Waals surface area (Å²) < 4.78 is 0. The minimum Gasteiger partial charge on any atom is -0.198 e. The first kappa shape index (κ1) is 7.16. The van der Waals surface area contributed by atoms with Crippen molar-refractivity contribution in [3.63, 3.8) is 0 Å². The molecule has 1 unspecified atom stereocenters. The lowest BCUT2D eigenvalue weighted by Crippen LogP contribution is -2.24. The van der Waals surface area contributed by atoms with Gasteiger partial charge in [-0.05, 0) is 30.6 Å². The maximum absolute atomic E-state index is 9.08. The molecule has 0 N–H and O–H groups in total. The zero-order valence-corrected chi connectivity index (χ0v) is 7.35. The van der Waals surface area contributed by atoms with Gasteiger partial charge in [-0.15, -0.1) is 0 Å². The SMILES string of the molecule is CC(C)C1(C#N)CC12CCC2. The van der Waals surface area contributed by atoms with Crippen molar-refractivity contribution in [2.75, 3.05) is 0 Å². The van der Waals surface area contributed by atoms with Crippen molar-refractivity contribution in [1.82, 2.24) is 0 Å². The van der Waals surface area contributed by atoms with Crippen LogP contribution in [0.25, 0.3) is 0 Å².